The van der Waals surface area contributed by atoms with E-state index in [1.807, 2.05) is 25.1 Å². The average Bonchev–Trinajstić information content (AvgIpc) is 3.20. The van der Waals surface area contributed by atoms with Crippen molar-refractivity contribution in [3.63, 3.8) is 0 Å². The molecule has 0 saturated carbocycles. The van der Waals surface area contributed by atoms with Crippen LogP contribution in [0.1, 0.15) is 23.6 Å². The van der Waals surface area contributed by atoms with Crippen molar-refractivity contribution in [1.29, 1.82) is 5.26 Å². The van der Waals surface area contributed by atoms with Gasteiger partial charge in [-0.05, 0) is 43.3 Å². The molecule has 3 aromatic rings. The largest absolute Gasteiger partial charge is 0.493 e. The van der Waals surface area contributed by atoms with Gasteiger partial charge in [-0.15, -0.1) is 0 Å². The number of piperazine rings is 1. The maximum absolute atomic E-state index is 13.7. The lowest BCUT2D eigenvalue weighted by Gasteiger charge is -2.38. The van der Waals surface area contributed by atoms with Gasteiger partial charge in [-0.3, -0.25) is 9.78 Å². The Morgan fingerprint density at radius 1 is 1.11 bits per heavy atom. The number of amides is 3. The van der Waals surface area contributed by atoms with Crippen LogP contribution >= 0.6 is 0 Å². The molecule has 1 atom stereocenters. The van der Waals surface area contributed by atoms with Gasteiger partial charge < -0.3 is 25.2 Å². The van der Waals surface area contributed by atoms with Crippen molar-refractivity contribution < 1.29 is 14.3 Å². The number of carbonyl (C=O) groups excluding carboxylic acids is 2. The van der Waals surface area contributed by atoms with Gasteiger partial charge in [-0.1, -0.05) is 18.2 Å². The van der Waals surface area contributed by atoms with Gasteiger partial charge >= 0.3 is 6.03 Å². The van der Waals surface area contributed by atoms with Crippen molar-refractivity contribution in [2.45, 2.75) is 12.5 Å². The van der Waals surface area contributed by atoms with Crippen LogP contribution in [0, 0.1) is 11.3 Å². The monoisotopic (exact) mass is 482 g/mol. The summed E-state index contributed by atoms with van der Waals surface area (Å²) < 4.78 is 5.86. The molecule has 3 amide bonds. The molecule has 3 heterocycles. The second-order valence-electron chi connectivity index (χ2n) is 8.62. The SMILES string of the molecule is CCOc1ccccc1C1(NC(=O)N2CCN(c3ccncc3)CC2)C(=O)Nc2ccc(C#N)cc21. The minimum atomic E-state index is -1.55. The molecule has 5 rings (SSSR count). The van der Waals surface area contributed by atoms with Crippen molar-refractivity contribution in [2.24, 2.45) is 0 Å². The number of fused-ring (bicyclic) bond motifs is 1. The number of pyridine rings is 1. The molecule has 2 aliphatic rings. The van der Waals surface area contributed by atoms with E-state index < -0.39 is 11.4 Å². The summed E-state index contributed by atoms with van der Waals surface area (Å²) in [6.07, 6.45) is 3.50. The number of nitrogens with zero attached hydrogens (tertiary/aromatic N) is 4. The average molecular weight is 483 g/mol. The van der Waals surface area contributed by atoms with Gasteiger partial charge in [0.15, 0.2) is 5.54 Å². The van der Waals surface area contributed by atoms with E-state index in [0.717, 1.165) is 5.69 Å². The Labute approximate surface area is 209 Å². The van der Waals surface area contributed by atoms with Crippen LogP contribution in [0.15, 0.2) is 67.0 Å². The number of ether oxygens (including phenoxy) is 1. The topological polar surface area (TPSA) is 111 Å². The Morgan fingerprint density at radius 3 is 2.58 bits per heavy atom. The molecule has 1 unspecified atom stereocenters. The molecule has 1 aromatic heterocycles. The molecule has 1 saturated heterocycles. The van der Waals surface area contributed by atoms with E-state index >= 15 is 0 Å². The summed E-state index contributed by atoms with van der Waals surface area (Å²) in [7, 11) is 0. The van der Waals surface area contributed by atoms with E-state index in [-0.39, 0.29) is 6.03 Å². The van der Waals surface area contributed by atoms with Gasteiger partial charge in [0.25, 0.3) is 5.91 Å². The smallest absolute Gasteiger partial charge is 0.318 e. The predicted octanol–water partition coefficient (Wildman–Crippen LogP) is 3.08. The van der Waals surface area contributed by atoms with Gasteiger partial charge in [-0.25, -0.2) is 4.79 Å². The lowest BCUT2D eigenvalue weighted by molar-refractivity contribution is -0.120. The van der Waals surface area contributed by atoms with Gasteiger partial charge in [0.2, 0.25) is 0 Å². The number of para-hydroxylation sites is 1. The second-order valence-corrected chi connectivity index (χ2v) is 8.62. The van der Waals surface area contributed by atoms with Gasteiger partial charge in [-0.2, -0.15) is 5.26 Å². The number of nitriles is 1. The quantitative estimate of drug-likeness (QED) is 0.578. The van der Waals surface area contributed by atoms with E-state index in [0.29, 0.717) is 60.9 Å². The van der Waals surface area contributed by atoms with Crippen molar-refractivity contribution in [3.05, 3.63) is 83.7 Å². The molecule has 0 spiro atoms. The van der Waals surface area contributed by atoms with Gasteiger partial charge in [0.05, 0.1) is 18.2 Å². The summed E-state index contributed by atoms with van der Waals surface area (Å²) in [5.41, 5.74) is 1.48. The summed E-state index contributed by atoms with van der Waals surface area (Å²) in [5, 5.41) is 15.5. The van der Waals surface area contributed by atoms with Crippen LogP contribution < -0.4 is 20.3 Å². The molecule has 0 radical (unpaired) electrons. The molecule has 9 heteroatoms. The zero-order chi connectivity index (χ0) is 25.1. The highest BCUT2D eigenvalue weighted by Crippen LogP contribution is 2.44. The summed E-state index contributed by atoms with van der Waals surface area (Å²) in [6.45, 7) is 4.54. The molecule has 9 nitrogen and oxygen atoms in total. The number of benzene rings is 2. The molecule has 36 heavy (non-hydrogen) atoms. The fourth-order valence-electron chi connectivity index (χ4n) is 4.85. The predicted molar refractivity (Wildman–Crippen MR) is 135 cm³/mol. The highest BCUT2D eigenvalue weighted by molar-refractivity contribution is 6.10. The molecule has 2 N–H and O–H groups in total. The standard InChI is InChI=1S/C27H26N6O3/c1-2-36-24-6-4-3-5-21(24)27(22-17-19(18-28)7-8-23(22)30-25(27)34)31-26(35)33-15-13-32(14-16-33)20-9-11-29-12-10-20/h3-12,17H,2,13-16H2,1H3,(H,30,34)(H,31,35). The number of carbonyl (C=O) groups is 2. The third-order valence-electron chi connectivity index (χ3n) is 6.62. The summed E-state index contributed by atoms with van der Waals surface area (Å²) in [6, 6.07) is 17.8. The first-order valence-corrected chi connectivity index (χ1v) is 11.9. The van der Waals surface area contributed by atoms with Crippen molar-refractivity contribution in [1.82, 2.24) is 15.2 Å². The van der Waals surface area contributed by atoms with Crippen molar-refractivity contribution in [3.8, 4) is 11.8 Å². The third-order valence-corrected chi connectivity index (χ3v) is 6.62. The zero-order valence-electron chi connectivity index (χ0n) is 19.9. The van der Waals surface area contributed by atoms with Gasteiger partial charge in [0, 0.05) is 61.1 Å². The van der Waals surface area contributed by atoms with Crippen LogP contribution in [0.25, 0.3) is 0 Å². The Kier molecular flexibility index (Phi) is 6.17. The minimum absolute atomic E-state index is 0.360. The minimum Gasteiger partial charge on any atom is -0.493 e. The van der Waals surface area contributed by atoms with E-state index in [2.05, 4.69) is 26.6 Å². The number of urea groups is 1. The third kappa shape index (κ3) is 3.96. The normalized spacial score (nSPS) is 18.7. The van der Waals surface area contributed by atoms with Crippen molar-refractivity contribution >= 4 is 23.3 Å². The molecule has 1 fully saturated rings. The van der Waals surface area contributed by atoms with Crippen LogP contribution in [0.2, 0.25) is 0 Å². The Hall–Kier alpha value is -4.58. The first-order chi connectivity index (χ1) is 17.6. The van der Waals surface area contributed by atoms with Crippen molar-refractivity contribution in [2.75, 3.05) is 43.0 Å². The molecule has 0 aliphatic carbocycles. The Bertz CT molecular complexity index is 1330. The van der Waals surface area contributed by atoms with E-state index in [4.69, 9.17) is 4.74 Å². The van der Waals surface area contributed by atoms with Crippen LogP contribution in [-0.4, -0.2) is 54.6 Å². The molecule has 182 valence electrons. The molecule has 2 aliphatic heterocycles. The maximum Gasteiger partial charge on any atom is 0.318 e. The number of hydrogen-bond acceptors (Lipinski definition) is 6. The lowest BCUT2D eigenvalue weighted by Crippen LogP contribution is -2.59. The fourth-order valence-corrected chi connectivity index (χ4v) is 4.85. The first-order valence-electron chi connectivity index (χ1n) is 11.9. The highest BCUT2D eigenvalue weighted by Gasteiger charge is 2.52. The Balaban J connectivity index is 1.50. The number of rotatable bonds is 5. The van der Waals surface area contributed by atoms with E-state index in [1.54, 1.807) is 53.7 Å². The Morgan fingerprint density at radius 2 is 1.86 bits per heavy atom. The number of anilines is 2. The summed E-state index contributed by atoms with van der Waals surface area (Å²) >= 11 is 0. The first kappa shape index (κ1) is 23.2. The van der Waals surface area contributed by atoms with E-state index in [1.165, 1.54) is 0 Å². The summed E-state index contributed by atoms with van der Waals surface area (Å²) in [4.78, 5) is 35.3. The molecule has 0 bridgehead atoms. The number of aromatic nitrogens is 1. The second kappa shape index (κ2) is 9.58. The van der Waals surface area contributed by atoms with Gasteiger partial charge in [0.1, 0.15) is 5.75 Å². The fraction of sp³-hybridized carbons (Fsp3) is 0.259. The van der Waals surface area contributed by atoms with E-state index in [9.17, 15) is 14.9 Å². The lowest BCUT2D eigenvalue weighted by atomic mass is 9.82. The number of hydrogen-bond donors (Lipinski definition) is 2. The van der Waals surface area contributed by atoms with Crippen LogP contribution in [0.5, 0.6) is 5.75 Å². The maximum atomic E-state index is 13.7. The zero-order valence-corrected chi connectivity index (χ0v) is 19.9. The van der Waals surface area contributed by atoms with Crippen LogP contribution in [-0.2, 0) is 10.3 Å². The van der Waals surface area contributed by atoms with Crippen LogP contribution in [0.3, 0.4) is 0 Å². The summed E-state index contributed by atoms with van der Waals surface area (Å²) in [5.74, 6) is 0.0941. The molecular weight excluding hydrogens is 456 g/mol. The highest BCUT2D eigenvalue weighted by atomic mass is 16.5. The van der Waals surface area contributed by atoms with Crippen LogP contribution in [0.4, 0.5) is 16.2 Å². The number of nitrogens with one attached hydrogen (secondary N) is 2. The molecular formula is C27H26N6O3. The molecule has 2 aromatic carbocycles.